The van der Waals surface area contributed by atoms with Gasteiger partial charge < -0.3 is 4.74 Å². The summed E-state index contributed by atoms with van der Waals surface area (Å²) in [7, 11) is 1.78. The van der Waals surface area contributed by atoms with Crippen LogP contribution in [0, 0.1) is 5.92 Å². The molecule has 2 saturated carbocycles. The van der Waals surface area contributed by atoms with Crippen LogP contribution in [0.1, 0.15) is 51.4 Å². The summed E-state index contributed by atoms with van der Waals surface area (Å²) in [4.78, 5) is 0. The van der Waals surface area contributed by atoms with Crippen molar-refractivity contribution < 1.29 is 22.6 Å². The first-order chi connectivity index (χ1) is 9.96. The lowest BCUT2D eigenvalue weighted by Crippen LogP contribution is -2.29. The summed E-state index contributed by atoms with van der Waals surface area (Å²) in [5.41, 5.74) is 0. The first kappa shape index (κ1) is 17.4. The van der Waals surface area contributed by atoms with Crippen molar-refractivity contribution in [3.63, 3.8) is 0 Å². The third-order valence-corrected chi connectivity index (χ3v) is 6.22. The van der Waals surface area contributed by atoms with E-state index in [1.165, 1.54) is 12.8 Å². The SMILES string of the molecule is COC1CCC(SCC2CCC(OC(F)(F)F)CC2)CC1. The number of rotatable bonds is 5. The van der Waals surface area contributed by atoms with E-state index in [0.29, 0.717) is 30.1 Å². The van der Waals surface area contributed by atoms with E-state index < -0.39 is 12.5 Å². The van der Waals surface area contributed by atoms with Crippen molar-refractivity contribution >= 4 is 11.8 Å². The zero-order valence-corrected chi connectivity index (χ0v) is 13.3. The maximum absolute atomic E-state index is 12.2. The number of ether oxygens (including phenoxy) is 2. The smallest absolute Gasteiger partial charge is 0.381 e. The van der Waals surface area contributed by atoms with Crippen molar-refractivity contribution in [2.24, 2.45) is 5.92 Å². The summed E-state index contributed by atoms with van der Waals surface area (Å²) in [6.07, 6.45) is 2.82. The molecule has 0 N–H and O–H groups in total. The van der Waals surface area contributed by atoms with Crippen LogP contribution in [0.25, 0.3) is 0 Å². The van der Waals surface area contributed by atoms with E-state index in [1.54, 1.807) is 7.11 Å². The molecule has 6 heteroatoms. The standard InChI is InChI=1S/C15H25F3O2S/c1-19-12-6-8-14(9-7-12)21-10-11-2-4-13(5-3-11)20-15(16,17)18/h11-14H,2-10H2,1H3. The van der Waals surface area contributed by atoms with Crippen LogP contribution < -0.4 is 0 Å². The lowest BCUT2D eigenvalue weighted by molar-refractivity contribution is -0.345. The minimum Gasteiger partial charge on any atom is -0.381 e. The Morgan fingerprint density at radius 3 is 2.00 bits per heavy atom. The largest absolute Gasteiger partial charge is 0.522 e. The summed E-state index contributed by atoms with van der Waals surface area (Å²) in [6, 6.07) is 0. The maximum atomic E-state index is 12.2. The number of thioether (sulfide) groups is 1. The van der Waals surface area contributed by atoms with Crippen LogP contribution in [0.2, 0.25) is 0 Å². The van der Waals surface area contributed by atoms with Gasteiger partial charge >= 0.3 is 6.36 Å². The monoisotopic (exact) mass is 326 g/mol. The quantitative estimate of drug-likeness (QED) is 0.725. The van der Waals surface area contributed by atoms with Gasteiger partial charge in [-0.1, -0.05) is 0 Å². The van der Waals surface area contributed by atoms with Crippen LogP contribution >= 0.6 is 11.8 Å². The van der Waals surface area contributed by atoms with Gasteiger partial charge in [-0.3, -0.25) is 4.74 Å². The van der Waals surface area contributed by atoms with Crippen LogP contribution in [0.15, 0.2) is 0 Å². The molecule has 0 unspecified atom stereocenters. The highest BCUT2D eigenvalue weighted by Crippen LogP contribution is 2.36. The molecule has 2 aliphatic rings. The molecule has 0 atom stereocenters. The normalized spacial score (nSPS) is 34.9. The number of methoxy groups -OCH3 is 1. The summed E-state index contributed by atoms with van der Waals surface area (Å²) in [6.45, 7) is 0. The van der Waals surface area contributed by atoms with E-state index in [0.717, 1.165) is 31.4 Å². The average molecular weight is 326 g/mol. The molecular formula is C15H25F3O2S. The molecular weight excluding hydrogens is 301 g/mol. The third kappa shape index (κ3) is 6.37. The Hall–Kier alpha value is 0.0600. The number of hydrogen-bond donors (Lipinski definition) is 0. The van der Waals surface area contributed by atoms with Crippen LogP contribution in [0.5, 0.6) is 0 Å². The molecule has 21 heavy (non-hydrogen) atoms. The van der Waals surface area contributed by atoms with Gasteiger partial charge in [-0.25, -0.2) is 0 Å². The van der Waals surface area contributed by atoms with E-state index in [-0.39, 0.29) is 0 Å². The summed E-state index contributed by atoms with van der Waals surface area (Å²) in [5, 5.41) is 0.709. The van der Waals surface area contributed by atoms with Gasteiger partial charge in [-0.15, -0.1) is 13.2 Å². The van der Waals surface area contributed by atoms with E-state index in [9.17, 15) is 13.2 Å². The lowest BCUT2D eigenvalue weighted by Gasteiger charge is -2.31. The van der Waals surface area contributed by atoms with Crippen molar-refractivity contribution in [3.8, 4) is 0 Å². The number of alkyl halides is 3. The lowest BCUT2D eigenvalue weighted by atomic mass is 9.89. The zero-order valence-electron chi connectivity index (χ0n) is 12.5. The Bertz CT molecular complexity index is 296. The van der Waals surface area contributed by atoms with Crippen molar-refractivity contribution in [2.45, 2.75) is 75.2 Å². The molecule has 0 bridgehead atoms. The molecule has 0 aromatic heterocycles. The van der Waals surface area contributed by atoms with Crippen molar-refractivity contribution in [1.82, 2.24) is 0 Å². The van der Waals surface area contributed by atoms with Crippen LogP contribution in [-0.4, -0.2) is 36.7 Å². The van der Waals surface area contributed by atoms with E-state index in [4.69, 9.17) is 4.74 Å². The molecule has 2 rings (SSSR count). The van der Waals surface area contributed by atoms with Crippen molar-refractivity contribution in [2.75, 3.05) is 12.9 Å². The summed E-state index contributed by atoms with van der Waals surface area (Å²) >= 11 is 2.01. The van der Waals surface area contributed by atoms with Gasteiger partial charge in [0.1, 0.15) is 0 Å². The molecule has 0 spiro atoms. The molecule has 0 aliphatic heterocycles. The van der Waals surface area contributed by atoms with Gasteiger partial charge in [-0.05, 0) is 63.0 Å². The zero-order chi connectivity index (χ0) is 15.3. The Morgan fingerprint density at radius 1 is 0.905 bits per heavy atom. The van der Waals surface area contributed by atoms with Gasteiger partial charge in [0.25, 0.3) is 0 Å². The second-order valence-corrected chi connectivity index (χ2v) is 7.51. The van der Waals surface area contributed by atoms with E-state index >= 15 is 0 Å². The van der Waals surface area contributed by atoms with Gasteiger partial charge in [0, 0.05) is 12.4 Å². The van der Waals surface area contributed by atoms with Gasteiger partial charge in [0.15, 0.2) is 0 Å². The van der Waals surface area contributed by atoms with Gasteiger partial charge in [0.2, 0.25) is 0 Å². The first-order valence-corrected chi connectivity index (χ1v) is 8.90. The fourth-order valence-corrected chi connectivity index (χ4v) is 4.80. The summed E-state index contributed by atoms with van der Waals surface area (Å²) < 4.78 is 46.0. The van der Waals surface area contributed by atoms with Crippen LogP contribution in [0.4, 0.5) is 13.2 Å². The van der Waals surface area contributed by atoms with E-state index in [2.05, 4.69) is 4.74 Å². The molecule has 0 heterocycles. The minimum absolute atomic E-state index is 0.428. The third-order valence-electron chi connectivity index (χ3n) is 4.62. The highest BCUT2D eigenvalue weighted by Gasteiger charge is 2.35. The van der Waals surface area contributed by atoms with Gasteiger partial charge in [-0.2, -0.15) is 11.8 Å². The fraction of sp³-hybridized carbons (Fsp3) is 1.00. The number of hydrogen-bond acceptors (Lipinski definition) is 3. The Balaban J connectivity index is 1.59. The first-order valence-electron chi connectivity index (χ1n) is 7.85. The van der Waals surface area contributed by atoms with Crippen molar-refractivity contribution in [1.29, 1.82) is 0 Å². The van der Waals surface area contributed by atoms with Gasteiger partial charge in [0.05, 0.1) is 12.2 Å². The predicted molar refractivity (Wildman–Crippen MR) is 78.4 cm³/mol. The maximum Gasteiger partial charge on any atom is 0.522 e. The predicted octanol–water partition coefficient (Wildman–Crippen LogP) is 4.77. The second-order valence-electron chi connectivity index (χ2n) is 6.17. The molecule has 124 valence electrons. The minimum atomic E-state index is -4.48. The topological polar surface area (TPSA) is 18.5 Å². The molecule has 2 nitrogen and oxygen atoms in total. The molecule has 0 aromatic carbocycles. The second kappa shape index (κ2) is 8.06. The fourth-order valence-electron chi connectivity index (χ4n) is 3.31. The molecule has 2 fully saturated rings. The Kier molecular flexibility index (Phi) is 6.69. The highest BCUT2D eigenvalue weighted by atomic mass is 32.2. The molecule has 0 aromatic rings. The van der Waals surface area contributed by atoms with Crippen molar-refractivity contribution in [3.05, 3.63) is 0 Å². The number of halogens is 3. The van der Waals surface area contributed by atoms with E-state index in [1.807, 2.05) is 11.8 Å². The summed E-state index contributed by atoms with van der Waals surface area (Å²) in [5.74, 6) is 1.64. The highest BCUT2D eigenvalue weighted by molar-refractivity contribution is 7.99. The molecule has 0 amide bonds. The van der Waals surface area contributed by atoms with Crippen LogP contribution in [0.3, 0.4) is 0 Å². The Morgan fingerprint density at radius 2 is 1.48 bits per heavy atom. The Labute approximate surface area is 129 Å². The molecule has 0 saturated heterocycles. The molecule has 0 radical (unpaired) electrons. The average Bonchev–Trinajstić information content (AvgIpc) is 2.45. The van der Waals surface area contributed by atoms with Crippen LogP contribution in [-0.2, 0) is 9.47 Å². The molecule has 2 aliphatic carbocycles.